The van der Waals surface area contributed by atoms with Crippen LogP contribution in [0.3, 0.4) is 0 Å². The van der Waals surface area contributed by atoms with Crippen LogP contribution in [0.1, 0.15) is 27.8 Å². The van der Waals surface area contributed by atoms with Gasteiger partial charge in [-0.25, -0.2) is 0 Å². The van der Waals surface area contributed by atoms with Crippen LogP contribution in [0.4, 0.5) is 5.69 Å². The van der Waals surface area contributed by atoms with Gasteiger partial charge in [-0.15, -0.1) is 0 Å². The zero-order valence-electron chi connectivity index (χ0n) is 20.5. The number of thioether (sulfide) groups is 1. The van der Waals surface area contributed by atoms with E-state index < -0.39 is 0 Å². The summed E-state index contributed by atoms with van der Waals surface area (Å²) in [7, 11) is 0. The fraction of sp³-hybridized carbons (Fsp3) is 0.207. The quantitative estimate of drug-likeness (QED) is 0.291. The Bertz CT molecular complexity index is 1310. The lowest BCUT2D eigenvalue weighted by Gasteiger charge is -2.14. The van der Waals surface area contributed by atoms with Gasteiger partial charge >= 0.3 is 0 Å². The summed E-state index contributed by atoms with van der Waals surface area (Å²) >= 11 is 6.76. The molecular formula is C29H28N2O3S2. The number of aryl methyl sites for hydroxylation is 3. The van der Waals surface area contributed by atoms with Crippen molar-refractivity contribution < 1.29 is 14.3 Å². The van der Waals surface area contributed by atoms with Gasteiger partial charge in [-0.2, -0.15) is 0 Å². The molecule has 4 rings (SSSR count). The van der Waals surface area contributed by atoms with Crippen molar-refractivity contribution in [1.29, 1.82) is 0 Å². The van der Waals surface area contributed by atoms with Gasteiger partial charge in [0.05, 0.1) is 4.91 Å². The van der Waals surface area contributed by atoms with E-state index in [4.69, 9.17) is 17.0 Å². The van der Waals surface area contributed by atoms with Crippen molar-refractivity contribution in [3.8, 4) is 5.75 Å². The van der Waals surface area contributed by atoms with Gasteiger partial charge in [-0.1, -0.05) is 84.1 Å². The van der Waals surface area contributed by atoms with E-state index in [1.165, 1.54) is 11.8 Å². The van der Waals surface area contributed by atoms with Crippen LogP contribution in [-0.2, 0) is 16.0 Å². The second-order valence-electron chi connectivity index (χ2n) is 8.75. The predicted molar refractivity (Wildman–Crippen MR) is 151 cm³/mol. The number of rotatable bonds is 8. The third-order valence-electron chi connectivity index (χ3n) is 5.81. The van der Waals surface area contributed by atoms with E-state index in [-0.39, 0.29) is 18.4 Å². The molecule has 0 bridgehead atoms. The normalized spacial score (nSPS) is 14.4. The Hall–Kier alpha value is -3.42. The molecule has 1 fully saturated rings. The van der Waals surface area contributed by atoms with E-state index in [1.54, 1.807) is 11.0 Å². The summed E-state index contributed by atoms with van der Waals surface area (Å²) in [5.41, 5.74) is 5.98. The highest BCUT2D eigenvalue weighted by Gasteiger charge is 2.31. The Morgan fingerprint density at radius 2 is 1.75 bits per heavy atom. The highest BCUT2D eigenvalue weighted by Crippen LogP contribution is 2.33. The van der Waals surface area contributed by atoms with E-state index >= 15 is 0 Å². The van der Waals surface area contributed by atoms with Crippen molar-refractivity contribution in [3.63, 3.8) is 0 Å². The van der Waals surface area contributed by atoms with Gasteiger partial charge in [-0.05, 0) is 67.7 Å². The molecule has 36 heavy (non-hydrogen) atoms. The molecule has 2 amide bonds. The smallest absolute Gasteiger partial charge is 0.266 e. The number of hydrogen-bond donors (Lipinski definition) is 1. The van der Waals surface area contributed by atoms with Gasteiger partial charge in [0, 0.05) is 12.2 Å². The minimum absolute atomic E-state index is 0.0875. The average molecular weight is 517 g/mol. The molecule has 0 radical (unpaired) electrons. The van der Waals surface area contributed by atoms with Crippen molar-refractivity contribution in [2.24, 2.45) is 0 Å². The third kappa shape index (κ3) is 6.42. The lowest BCUT2D eigenvalue weighted by Crippen LogP contribution is -2.30. The van der Waals surface area contributed by atoms with Crippen LogP contribution in [-0.4, -0.2) is 34.2 Å². The maximum atomic E-state index is 13.0. The largest absolute Gasteiger partial charge is 0.484 e. The first-order valence-electron chi connectivity index (χ1n) is 11.7. The van der Waals surface area contributed by atoms with Crippen molar-refractivity contribution in [2.45, 2.75) is 27.2 Å². The number of carbonyl (C=O) groups excluding carboxylic acids is 2. The van der Waals surface area contributed by atoms with Crippen molar-refractivity contribution in [2.75, 3.05) is 18.5 Å². The molecule has 1 N–H and O–H groups in total. The number of ether oxygens (including phenoxy) is 1. The molecule has 0 atom stereocenters. The lowest BCUT2D eigenvalue weighted by atomic mass is 10.1. The van der Waals surface area contributed by atoms with Gasteiger partial charge in [0.2, 0.25) is 0 Å². The molecule has 3 aromatic rings. The number of hydrogen-bond acceptors (Lipinski definition) is 5. The maximum Gasteiger partial charge on any atom is 0.266 e. The van der Waals surface area contributed by atoms with Gasteiger partial charge in [0.1, 0.15) is 10.1 Å². The number of benzene rings is 3. The number of nitrogens with one attached hydrogen (secondary N) is 1. The second-order valence-corrected chi connectivity index (χ2v) is 10.4. The zero-order chi connectivity index (χ0) is 25.7. The van der Waals surface area contributed by atoms with E-state index in [2.05, 4.69) is 5.32 Å². The van der Waals surface area contributed by atoms with Crippen LogP contribution in [0.5, 0.6) is 5.75 Å². The van der Waals surface area contributed by atoms with Crippen molar-refractivity contribution in [1.82, 2.24) is 4.90 Å². The Morgan fingerprint density at radius 1 is 1.03 bits per heavy atom. The summed E-state index contributed by atoms with van der Waals surface area (Å²) in [5, 5.41) is 2.94. The molecule has 0 saturated carbocycles. The molecule has 3 aromatic carbocycles. The van der Waals surface area contributed by atoms with E-state index in [0.29, 0.717) is 21.5 Å². The van der Waals surface area contributed by atoms with E-state index in [1.807, 2.05) is 87.5 Å². The van der Waals surface area contributed by atoms with Crippen LogP contribution in [0, 0.1) is 20.8 Å². The van der Waals surface area contributed by atoms with E-state index in [9.17, 15) is 9.59 Å². The zero-order valence-corrected chi connectivity index (χ0v) is 22.2. The van der Waals surface area contributed by atoms with Gasteiger partial charge in [0.25, 0.3) is 11.8 Å². The van der Waals surface area contributed by atoms with Crippen molar-refractivity contribution in [3.05, 3.63) is 99.5 Å². The second kappa shape index (κ2) is 11.5. The molecule has 1 heterocycles. The van der Waals surface area contributed by atoms with Crippen LogP contribution in [0.25, 0.3) is 6.08 Å². The molecular weight excluding hydrogens is 488 g/mol. The number of thiocarbonyl (C=S) groups is 1. The number of nitrogens with zero attached hydrogens (tertiary/aromatic N) is 1. The molecule has 0 aromatic heterocycles. The summed E-state index contributed by atoms with van der Waals surface area (Å²) in [5.74, 6) is 0.237. The average Bonchev–Trinajstić information content (AvgIpc) is 3.11. The monoisotopic (exact) mass is 516 g/mol. The first-order valence-corrected chi connectivity index (χ1v) is 12.9. The van der Waals surface area contributed by atoms with Gasteiger partial charge < -0.3 is 10.1 Å². The minimum atomic E-state index is -0.227. The highest BCUT2D eigenvalue weighted by atomic mass is 32.2. The Balaban J connectivity index is 1.37. The van der Waals surface area contributed by atoms with Crippen LogP contribution >= 0.6 is 24.0 Å². The maximum absolute atomic E-state index is 13.0. The van der Waals surface area contributed by atoms with Crippen LogP contribution in [0.2, 0.25) is 0 Å². The first kappa shape index (κ1) is 25.7. The Morgan fingerprint density at radius 3 is 2.47 bits per heavy atom. The van der Waals surface area contributed by atoms with Gasteiger partial charge in [-0.3, -0.25) is 14.5 Å². The SMILES string of the molecule is Cc1cc(C)c(NC(=O)COc2cccc(/C=C3\SC(=S)N(CCc4ccccc4)C3=O)c2)c(C)c1. The number of carbonyl (C=O) groups is 2. The highest BCUT2D eigenvalue weighted by molar-refractivity contribution is 8.26. The predicted octanol–water partition coefficient (Wildman–Crippen LogP) is 6.07. The summed E-state index contributed by atoms with van der Waals surface area (Å²) in [6.07, 6.45) is 2.56. The molecule has 0 aliphatic carbocycles. The lowest BCUT2D eigenvalue weighted by molar-refractivity contribution is -0.122. The van der Waals surface area contributed by atoms with Crippen LogP contribution < -0.4 is 10.1 Å². The number of anilines is 1. The minimum Gasteiger partial charge on any atom is -0.484 e. The standard InChI is InChI=1S/C29H28N2O3S2/c1-19-14-20(2)27(21(3)15-19)30-26(32)18-34-24-11-7-10-23(16-24)17-25-28(33)31(29(35)36-25)13-12-22-8-5-4-6-9-22/h4-11,14-17H,12-13,18H2,1-3H3,(H,30,32)/b25-17-. The molecule has 1 aliphatic heterocycles. The van der Waals surface area contributed by atoms with Crippen LogP contribution in [0.15, 0.2) is 71.6 Å². The molecule has 7 heteroatoms. The number of amides is 2. The van der Waals surface area contributed by atoms with Gasteiger partial charge in [0.15, 0.2) is 6.61 Å². The summed E-state index contributed by atoms with van der Waals surface area (Å²) in [4.78, 5) is 27.7. The molecule has 1 aliphatic rings. The Kier molecular flexibility index (Phi) is 8.23. The molecule has 1 saturated heterocycles. The van der Waals surface area contributed by atoms with Crippen molar-refractivity contribution >= 4 is 51.9 Å². The fourth-order valence-corrected chi connectivity index (χ4v) is 5.43. The molecule has 0 spiro atoms. The molecule has 184 valence electrons. The topological polar surface area (TPSA) is 58.6 Å². The fourth-order valence-electron chi connectivity index (χ4n) is 4.13. The summed E-state index contributed by atoms with van der Waals surface area (Å²) in [6.45, 7) is 6.42. The Labute approximate surface area is 221 Å². The van der Waals surface area contributed by atoms with E-state index in [0.717, 1.165) is 39.9 Å². The molecule has 5 nitrogen and oxygen atoms in total. The third-order valence-corrected chi connectivity index (χ3v) is 7.19. The summed E-state index contributed by atoms with van der Waals surface area (Å²) < 4.78 is 6.30. The summed E-state index contributed by atoms with van der Waals surface area (Å²) in [6, 6.07) is 21.4. The molecule has 0 unspecified atom stereocenters. The first-order chi connectivity index (χ1) is 17.3.